The standard InChI is InChI=1S/C18H29NO3/c1-14(2)19-10-8-15(9-11-19)16(12-20)13-22-18-7-5-4-6-17(18)21-3/h4-7,14-16,20H,8-13H2,1-3H3. The van der Waals surface area contributed by atoms with Crippen LogP contribution in [0.25, 0.3) is 0 Å². The average molecular weight is 307 g/mol. The molecule has 0 saturated carbocycles. The Hall–Kier alpha value is -1.26. The van der Waals surface area contributed by atoms with Crippen molar-refractivity contribution in [3.8, 4) is 11.5 Å². The van der Waals surface area contributed by atoms with Crippen LogP contribution in [0.3, 0.4) is 0 Å². The van der Waals surface area contributed by atoms with Gasteiger partial charge in [0.15, 0.2) is 11.5 Å². The molecule has 1 N–H and O–H groups in total. The van der Waals surface area contributed by atoms with E-state index < -0.39 is 0 Å². The highest BCUT2D eigenvalue weighted by Gasteiger charge is 2.27. The lowest BCUT2D eigenvalue weighted by molar-refractivity contribution is 0.0641. The molecule has 1 unspecified atom stereocenters. The van der Waals surface area contributed by atoms with Crippen molar-refractivity contribution >= 4 is 0 Å². The summed E-state index contributed by atoms with van der Waals surface area (Å²) in [5.41, 5.74) is 0. The van der Waals surface area contributed by atoms with Gasteiger partial charge < -0.3 is 19.5 Å². The Labute approximate surface area is 134 Å². The smallest absolute Gasteiger partial charge is 0.161 e. The summed E-state index contributed by atoms with van der Waals surface area (Å²) in [5.74, 6) is 2.23. The Kier molecular flexibility index (Phi) is 6.52. The van der Waals surface area contributed by atoms with Crippen LogP contribution in [0.5, 0.6) is 11.5 Å². The summed E-state index contributed by atoms with van der Waals surface area (Å²) in [6.45, 7) is 7.45. The molecule has 0 amide bonds. The van der Waals surface area contributed by atoms with Crippen LogP contribution in [0.4, 0.5) is 0 Å². The first-order valence-electron chi connectivity index (χ1n) is 8.26. The second kappa shape index (κ2) is 8.39. The zero-order chi connectivity index (χ0) is 15.9. The van der Waals surface area contributed by atoms with Gasteiger partial charge >= 0.3 is 0 Å². The van der Waals surface area contributed by atoms with Crippen molar-refractivity contribution < 1.29 is 14.6 Å². The third kappa shape index (κ3) is 4.37. The van der Waals surface area contributed by atoms with Crippen LogP contribution >= 0.6 is 0 Å². The minimum absolute atomic E-state index is 0.182. The third-order valence-corrected chi connectivity index (χ3v) is 4.73. The molecule has 0 bridgehead atoms. The topological polar surface area (TPSA) is 41.9 Å². The van der Waals surface area contributed by atoms with E-state index in [4.69, 9.17) is 9.47 Å². The van der Waals surface area contributed by atoms with Crippen LogP contribution in [0.15, 0.2) is 24.3 Å². The molecule has 1 heterocycles. The van der Waals surface area contributed by atoms with Gasteiger partial charge in [-0.2, -0.15) is 0 Å². The van der Waals surface area contributed by atoms with Crippen molar-refractivity contribution in [2.24, 2.45) is 11.8 Å². The van der Waals surface area contributed by atoms with Crippen molar-refractivity contribution in [1.29, 1.82) is 0 Å². The predicted octanol–water partition coefficient (Wildman–Crippen LogP) is 2.80. The Morgan fingerprint density at radius 1 is 1.18 bits per heavy atom. The molecule has 0 aliphatic carbocycles. The third-order valence-electron chi connectivity index (χ3n) is 4.73. The van der Waals surface area contributed by atoms with Gasteiger partial charge in [-0.1, -0.05) is 12.1 Å². The number of aliphatic hydroxyl groups excluding tert-OH is 1. The van der Waals surface area contributed by atoms with Gasteiger partial charge in [0.25, 0.3) is 0 Å². The molecule has 1 atom stereocenters. The summed E-state index contributed by atoms with van der Waals surface area (Å²) >= 11 is 0. The van der Waals surface area contributed by atoms with Gasteiger partial charge in [0.1, 0.15) is 0 Å². The number of likely N-dealkylation sites (tertiary alicyclic amines) is 1. The fourth-order valence-corrected chi connectivity index (χ4v) is 3.18. The van der Waals surface area contributed by atoms with Gasteiger partial charge in [-0.25, -0.2) is 0 Å². The molecule has 2 rings (SSSR count). The maximum absolute atomic E-state index is 9.73. The number of nitrogens with zero attached hydrogens (tertiary/aromatic N) is 1. The second-order valence-corrected chi connectivity index (χ2v) is 6.37. The lowest BCUT2D eigenvalue weighted by Gasteiger charge is -2.37. The fourth-order valence-electron chi connectivity index (χ4n) is 3.18. The van der Waals surface area contributed by atoms with E-state index in [1.165, 1.54) is 0 Å². The molecule has 4 nitrogen and oxygen atoms in total. The molecule has 1 fully saturated rings. The average Bonchev–Trinajstić information content (AvgIpc) is 2.56. The quantitative estimate of drug-likeness (QED) is 0.841. The summed E-state index contributed by atoms with van der Waals surface area (Å²) in [6.07, 6.45) is 2.28. The van der Waals surface area contributed by atoms with Gasteiger partial charge in [0.05, 0.1) is 13.7 Å². The molecule has 1 aliphatic rings. The molecule has 1 aliphatic heterocycles. The molecule has 124 valence electrons. The number of aliphatic hydroxyl groups is 1. The van der Waals surface area contributed by atoms with Gasteiger partial charge in [0.2, 0.25) is 0 Å². The first kappa shape index (κ1) is 17.1. The number of piperidine rings is 1. The highest BCUT2D eigenvalue weighted by molar-refractivity contribution is 5.39. The maximum Gasteiger partial charge on any atom is 0.161 e. The molecular formula is C18H29NO3. The SMILES string of the molecule is COc1ccccc1OCC(CO)C1CCN(C(C)C)CC1. The number of methoxy groups -OCH3 is 1. The lowest BCUT2D eigenvalue weighted by atomic mass is 9.85. The summed E-state index contributed by atoms with van der Waals surface area (Å²) in [5, 5.41) is 9.73. The summed E-state index contributed by atoms with van der Waals surface area (Å²) in [4.78, 5) is 2.51. The van der Waals surface area contributed by atoms with E-state index in [1.54, 1.807) is 7.11 Å². The van der Waals surface area contributed by atoms with Crippen LogP contribution in [0.1, 0.15) is 26.7 Å². The van der Waals surface area contributed by atoms with Crippen molar-refractivity contribution in [2.45, 2.75) is 32.7 Å². The zero-order valence-corrected chi connectivity index (χ0v) is 14.0. The summed E-state index contributed by atoms with van der Waals surface area (Å²) in [6, 6.07) is 8.28. The van der Waals surface area contributed by atoms with E-state index >= 15 is 0 Å². The molecule has 1 saturated heterocycles. The van der Waals surface area contributed by atoms with Crippen LogP contribution in [0, 0.1) is 11.8 Å². The molecule has 0 radical (unpaired) electrons. The van der Waals surface area contributed by atoms with E-state index in [0.29, 0.717) is 18.6 Å². The summed E-state index contributed by atoms with van der Waals surface area (Å²) < 4.78 is 11.2. The predicted molar refractivity (Wildman–Crippen MR) is 88.5 cm³/mol. The summed E-state index contributed by atoms with van der Waals surface area (Å²) in [7, 11) is 1.65. The highest BCUT2D eigenvalue weighted by Crippen LogP contribution is 2.29. The number of rotatable bonds is 7. The molecule has 1 aromatic carbocycles. The van der Waals surface area contributed by atoms with Crippen LogP contribution in [0.2, 0.25) is 0 Å². The number of hydrogen-bond acceptors (Lipinski definition) is 4. The number of ether oxygens (including phenoxy) is 2. The fraction of sp³-hybridized carbons (Fsp3) is 0.667. The van der Waals surface area contributed by atoms with Crippen LogP contribution < -0.4 is 9.47 Å². The van der Waals surface area contributed by atoms with Crippen LogP contribution in [-0.4, -0.2) is 49.5 Å². The van der Waals surface area contributed by atoms with Crippen molar-refractivity contribution in [1.82, 2.24) is 4.90 Å². The first-order chi connectivity index (χ1) is 10.7. The normalized spacial score (nSPS) is 18.4. The Balaban J connectivity index is 1.87. The molecule has 0 aromatic heterocycles. The van der Waals surface area contributed by atoms with Crippen LogP contribution in [-0.2, 0) is 0 Å². The Bertz CT molecular complexity index is 442. The minimum atomic E-state index is 0.182. The maximum atomic E-state index is 9.73. The first-order valence-corrected chi connectivity index (χ1v) is 8.26. The number of benzene rings is 1. The Morgan fingerprint density at radius 3 is 2.36 bits per heavy atom. The van der Waals surface area contributed by atoms with E-state index in [0.717, 1.165) is 37.4 Å². The van der Waals surface area contributed by atoms with Crippen molar-refractivity contribution in [3.63, 3.8) is 0 Å². The van der Waals surface area contributed by atoms with E-state index in [9.17, 15) is 5.11 Å². The monoisotopic (exact) mass is 307 g/mol. The van der Waals surface area contributed by atoms with Gasteiger partial charge in [0, 0.05) is 18.6 Å². The zero-order valence-electron chi connectivity index (χ0n) is 14.0. The molecule has 4 heteroatoms. The number of para-hydroxylation sites is 2. The molecule has 22 heavy (non-hydrogen) atoms. The van der Waals surface area contributed by atoms with E-state index in [-0.39, 0.29) is 12.5 Å². The largest absolute Gasteiger partial charge is 0.493 e. The number of hydrogen-bond donors (Lipinski definition) is 1. The van der Waals surface area contributed by atoms with Gasteiger partial charge in [-0.05, 0) is 57.8 Å². The van der Waals surface area contributed by atoms with Crippen molar-refractivity contribution in [2.75, 3.05) is 33.4 Å². The van der Waals surface area contributed by atoms with Gasteiger partial charge in [-0.3, -0.25) is 0 Å². The van der Waals surface area contributed by atoms with E-state index in [1.807, 2.05) is 24.3 Å². The minimum Gasteiger partial charge on any atom is -0.493 e. The molecular weight excluding hydrogens is 278 g/mol. The van der Waals surface area contributed by atoms with Gasteiger partial charge in [-0.15, -0.1) is 0 Å². The van der Waals surface area contributed by atoms with E-state index in [2.05, 4.69) is 18.7 Å². The Morgan fingerprint density at radius 2 is 1.82 bits per heavy atom. The second-order valence-electron chi connectivity index (χ2n) is 6.37. The molecule has 1 aromatic rings. The van der Waals surface area contributed by atoms with Crippen molar-refractivity contribution in [3.05, 3.63) is 24.3 Å². The molecule has 0 spiro atoms. The highest BCUT2D eigenvalue weighted by atomic mass is 16.5. The lowest BCUT2D eigenvalue weighted by Crippen LogP contribution is -2.41.